The third kappa shape index (κ3) is 6.86. The van der Waals surface area contributed by atoms with Crippen molar-refractivity contribution in [3.8, 4) is 0 Å². The Morgan fingerprint density at radius 1 is 1.10 bits per heavy atom. The largest absolute Gasteiger partial charge is 0.352 e. The Labute approximate surface area is 190 Å². The summed E-state index contributed by atoms with van der Waals surface area (Å²) in [5.41, 5.74) is 4.66. The summed E-state index contributed by atoms with van der Waals surface area (Å²) in [6.07, 6.45) is 4.41. The van der Waals surface area contributed by atoms with Gasteiger partial charge in [0, 0.05) is 18.3 Å². The molecule has 0 aromatic heterocycles. The quantitative estimate of drug-likeness (QED) is 0.598. The molecule has 1 atom stereocenters. The van der Waals surface area contributed by atoms with Gasteiger partial charge >= 0.3 is 0 Å². The first-order chi connectivity index (χ1) is 14.9. The Bertz CT molecular complexity index is 892. The second-order valence-electron chi connectivity index (χ2n) is 8.60. The van der Waals surface area contributed by atoms with Gasteiger partial charge in [0.2, 0.25) is 11.8 Å². The Balaban J connectivity index is 1.66. The molecule has 5 heteroatoms. The third-order valence-electron chi connectivity index (χ3n) is 6.05. The molecule has 4 nitrogen and oxygen atoms in total. The molecule has 0 saturated heterocycles. The molecular weight excluding hydrogens is 404 g/mol. The van der Waals surface area contributed by atoms with E-state index in [1.165, 1.54) is 24.0 Å². The number of hydrogen-bond donors (Lipinski definition) is 1. The lowest BCUT2D eigenvalue weighted by atomic mass is 10.1. The molecule has 1 saturated carbocycles. The number of nitrogens with one attached hydrogen (secondary N) is 1. The molecule has 2 amide bonds. The van der Waals surface area contributed by atoms with Gasteiger partial charge in [-0.2, -0.15) is 0 Å². The summed E-state index contributed by atoms with van der Waals surface area (Å²) in [5.74, 6) is 1.11. The van der Waals surface area contributed by atoms with Gasteiger partial charge in [-0.05, 0) is 50.3 Å². The highest BCUT2D eigenvalue weighted by Crippen LogP contribution is 2.20. The first-order valence-electron chi connectivity index (χ1n) is 11.2. The SMILES string of the molecule is Cc1cccc(CSCC(=O)N(Cc2ccccc2C)[C@@H](C)C(=O)NC2CCCC2)c1. The maximum atomic E-state index is 13.2. The van der Waals surface area contributed by atoms with E-state index in [-0.39, 0.29) is 17.9 Å². The lowest BCUT2D eigenvalue weighted by Gasteiger charge is -2.30. The highest BCUT2D eigenvalue weighted by molar-refractivity contribution is 7.99. The van der Waals surface area contributed by atoms with Crippen LogP contribution >= 0.6 is 11.8 Å². The van der Waals surface area contributed by atoms with Crippen LogP contribution in [0.5, 0.6) is 0 Å². The van der Waals surface area contributed by atoms with Gasteiger partial charge in [-0.25, -0.2) is 0 Å². The van der Waals surface area contributed by atoms with Crippen molar-refractivity contribution >= 4 is 23.6 Å². The molecule has 1 aliphatic carbocycles. The van der Waals surface area contributed by atoms with Crippen LogP contribution in [-0.4, -0.2) is 34.6 Å². The zero-order chi connectivity index (χ0) is 22.2. The fourth-order valence-electron chi connectivity index (χ4n) is 4.09. The van der Waals surface area contributed by atoms with Gasteiger partial charge in [0.1, 0.15) is 6.04 Å². The third-order valence-corrected chi connectivity index (χ3v) is 7.04. The maximum absolute atomic E-state index is 13.2. The van der Waals surface area contributed by atoms with E-state index < -0.39 is 6.04 Å². The van der Waals surface area contributed by atoms with E-state index in [4.69, 9.17) is 0 Å². The Hall–Kier alpha value is -2.27. The minimum Gasteiger partial charge on any atom is -0.352 e. The van der Waals surface area contributed by atoms with E-state index in [2.05, 4.69) is 30.4 Å². The van der Waals surface area contributed by atoms with Gasteiger partial charge in [0.25, 0.3) is 0 Å². The number of carbonyl (C=O) groups excluding carboxylic acids is 2. The first-order valence-corrected chi connectivity index (χ1v) is 12.4. The maximum Gasteiger partial charge on any atom is 0.242 e. The van der Waals surface area contributed by atoms with Crippen LogP contribution in [0.4, 0.5) is 0 Å². The molecule has 166 valence electrons. The smallest absolute Gasteiger partial charge is 0.242 e. The van der Waals surface area contributed by atoms with Gasteiger partial charge in [0.15, 0.2) is 0 Å². The van der Waals surface area contributed by atoms with Gasteiger partial charge in [0.05, 0.1) is 5.75 Å². The zero-order valence-corrected chi connectivity index (χ0v) is 19.7. The number of nitrogens with zero attached hydrogens (tertiary/aromatic N) is 1. The second kappa shape index (κ2) is 11.4. The summed E-state index contributed by atoms with van der Waals surface area (Å²) in [7, 11) is 0. The highest BCUT2D eigenvalue weighted by Gasteiger charge is 2.28. The second-order valence-corrected chi connectivity index (χ2v) is 9.58. The topological polar surface area (TPSA) is 49.4 Å². The van der Waals surface area contributed by atoms with Crippen LogP contribution in [-0.2, 0) is 21.9 Å². The molecule has 1 fully saturated rings. The summed E-state index contributed by atoms with van der Waals surface area (Å²) in [6, 6.07) is 16.2. The van der Waals surface area contributed by atoms with Crippen molar-refractivity contribution in [2.75, 3.05) is 5.75 Å². The van der Waals surface area contributed by atoms with Crippen LogP contribution in [0.2, 0.25) is 0 Å². The van der Waals surface area contributed by atoms with Gasteiger partial charge < -0.3 is 10.2 Å². The number of thioether (sulfide) groups is 1. The van der Waals surface area contributed by atoms with E-state index in [0.29, 0.717) is 12.3 Å². The normalized spacial score (nSPS) is 14.9. The number of hydrogen-bond acceptors (Lipinski definition) is 3. The molecule has 0 aliphatic heterocycles. The zero-order valence-electron chi connectivity index (χ0n) is 18.9. The van der Waals surface area contributed by atoms with Gasteiger partial charge in [-0.1, -0.05) is 66.9 Å². The number of rotatable bonds is 9. The van der Waals surface area contributed by atoms with Crippen molar-refractivity contribution in [1.82, 2.24) is 10.2 Å². The van der Waals surface area contributed by atoms with E-state index in [1.54, 1.807) is 16.7 Å². The molecule has 0 radical (unpaired) electrons. The number of aryl methyl sites for hydroxylation is 2. The number of carbonyl (C=O) groups is 2. The minimum absolute atomic E-state index is 0.00924. The minimum atomic E-state index is -0.493. The van der Waals surface area contributed by atoms with Crippen LogP contribution < -0.4 is 5.32 Å². The highest BCUT2D eigenvalue weighted by atomic mass is 32.2. The van der Waals surface area contributed by atoms with Crippen LogP contribution in [0.3, 0.4) is 0 Å². The molecule has 2 aromatic rings. The molecule has 3 rings (SSSR count). The van der Waals surface area contributed by atoms with Crippen molar-refractivity contribution in [2.24, 2.45) is 0 Å². The average molecular weight is 439 g/mol. The van der Waals surface area contributed by atoms with Crippen molar-refractivity contribution in [3.63, 3.8) is 0 Å². The molecule has 0 heterocycles. The monoisotopic (exact) mass is 438 g/mol. The van der Waals surface area contributed by atoms with Crippen LogP contribution in [0, 0.1) is 13.8 Å². The molecular formula is C26H34N2O2S. The molecule has 2 aromatic carbocycles. The molecule has 0 bridgehead atoms. The Morgan fingerprint density at radius 3 is 2.55 bits per heavy atom. The lowest BCUT2D eigenvalue weighted by Crippen LogP contribution is -2.50. The summed E-state index contributed by atoms with van der Waals surface area (Å²) in [5, 5.41) is 3.16. The fourth-order valence-corrected chi connectivity index (χ4v) is 4.94. The van der Waals surface area contributed by atoms with Crippen LogP contribution in [0.1, 0.15) is 54.9 Å². The Morgan fingerprint density at radius 2 is 1.84 bits per heavy atom. The molecule has 1 aliphatic rings. The molecule has 31 heavy (non-hydrogen) atoms. The van der Waals surface area contributed by atoms with Crippen LogP contribution in [0.15, 0.2) is 48.5 Å². The van der Waals surface area contributed by atoms with Crippen molar-refractivity contribution < 1.29 is 9.59 Å². The predicted molar refractivity (Wildman–Crippen MR) is 129 cm³/mol. The number of amides is 2. The van der Waals surface area contributed by atoms with Gasteiger partial charge in [-0.3, -0.25) is 9.59 Å². The van der Waals surface area contributed by atoms with E-state index >= 15 is 0 Å². The number of benzene rings is 2. The summed E-state index contributed by atoms with van der Waals surface area (Å²) in [6.45, 7) is 6.43. The average Bonchev–Trinajstić information content (AvgIpc) is 3.25. The standard InChI is InChI=1S/C26H34N2O2S/c1-19-9-8-11-22(15-19)17-31-18-25(29)28(16-23-12-5-4-10-20(23)2)21(3)26(30)27-24-13-6-7-14-24/h4-5,8-12,15,21,24H,6-7,13-14,16-18H2,1-3H3,(H,27,30)/t21-/m0/s1. The van der Waals surface area contributed by atoms with E-state index in [9.17, 15) is 9.59 Å². The first kappa shape index (κ1) is 23.4. The summed E-state index contributed by atoms with van der Waals surface area (Å²) < 4.78 is 0. The van der Waals surface area contributed by atoms with Crippen molar-refractivity contribution in [1.29, 1.82) is 0 Å². The Kier molecular flexibility index (Phi) is 8.59. The molecule has 0 unspecified atom stereocenters. The van der Waals surface area contributed by atoms with Crippen molar-refractivity contribution in [2.45, 2.75) is 70.8 Å². The fraction of sp³-hybridized carbons (Fsp3) is 0.462. The van der Waals surface area contributed by atoms with E-state index in [1.807, 2.05) is 44.2 Å². The van der Waals surface area contributed by atoms with Crippen molar-refractivity contribution in [3.05, 3.63) is 70.8 Å². The molecule has 0 spiro atoms. The molecule has 1 N–H and O–H groups in total. The van der Waals surface area contributed by atoms with Gasteiger partial charge in [-0.15, -0.1) is 11.8 Å². The summed E-state index contributed by atoms with van der Waals surface area (Å²) in [4.78, 5) is 27.9. The summed E-state index contributed by atoms with van der Waals surface area (Å²) >= 11 is 1.61. The lowest BCUT2D eigenvalue weighted by molar-refractivity contribution is -0.139. The van der Waals surface area contributed by atoms with Crippen LogP contribution in [0.25, 0.3) is 0 Å². The van der Waals surface area contributed by atoms with E-state index in [0.717, 1.165) is 29.7 Å². The predicted octanol–water partition coefficient (Wildman–Crippen LogP) is 5.01.